The van der Waals surface area contributed by atoms with E-state index in [2.05, 4.69) is 4.74 Å². The fourth-order valence-electron chi connectivity index (χ4n) is 1.54. The zero-order chi connectivity index (χ0) is 14.7. The Labute approximate surface area is 126 Å². The van der Waals surface area contributed by atoms with Crippen molar-refractivity contribution in [1.29, 1.82) is 0 Å². The van der Waals surface area contributed by atoms with Crippen molar-refractivity contribution in [3.8, 4) is 11.5 Å². The number of ether oxygens (including phenoxy) is 2. The summed E-state index contributed by atoms with van der Waals surface area (Å²) in [6.45, 7) is 0. The Morgan fingerprint density at radius 2 is 1.85 bits per heavy atom. The van der Waals surface area contributed by atoms with Crippen LogP contribution in [0.2, 0.25) is 10.0 Å². The Bertz CT molecular complexity index is 659. The maximum Gasteiger partial charge on any atom is 0.337 e. The van der Waals surface area contributed by atoms with Crippen LogP contribution >= 0.6 is 23.2 Å². The van der Waals surface area contributed by atoms with Gasteiger partial charge in [-0.1, -0.05) is 23.2 Å². The van der Waals surface area contributed by atoms with Crippen molar-refractivity contribution in [2.24, 2.45) is 0 Å². The molecule has 0 bridgehead atoms. The first-order valence-corrected chi connectivity index (χ1v) is 6.37. The highest BCUT2D eigenvalue weighted by atomic mass is 35.5. The van der Waals surface area contributed by atoms with E-state index in [1.807, 2.05) is 0 Å². The van der Waals surface area contributed by atoms with Crippen LogP contribution in [0.3, 0.4) is 0 Å². The third kappa shape index (κ3) is 3.15. The molecule has 104 valence electrons. The van der Waals surface area contributed by atoms with Gasteiger partial charge < -0.3 is 15.2 Å². The van der Waals surface area contributed by atoms with Gasteiger partial charge in [0.15, 0.2) is 5.75 Å². The van der Waals surface area contributed by atoms with E-state index in [4.69, 9.17) is 33.7 Å². The second kappa shape index (κ2) is 6.03. The molecule has 0 heterocycles. The third-order valence-corrected chi connectivity index (χ3v) is 3.10. The Kier molecular flexibility index (Phi) is 4.37. The maximum atomic E-state index is 11.5. The molecule has 0 aliphatic rings. The van der Waals surface area contributed by atoms with Gasteiger partial charge in [0.25, 0.3) is 0 Å². The molecule has 0 atom stereocenters. The number of benzene rings is 2. The van der Waals surface area contributed by atoms with E-state index in [9.17, 15) is 4.79 Å². The van der Waals surface area contributed by atoms with Gasteiger partial charge in [-0.3, -0.25) is 0 Å². The molecule has 0 spiro atoms. The van der Waals surface area contributed by atoms with Gasteiger partial charge >= 0.3 is 5.97 Å². The second-order valence-electron chi connectivity index (χ2n) is 3.92. The van der Waals surface area contributed by atoms with Crippen molar-refractivity contribution in [3.05, 3.63) is 52.0 Å². The molecule has 0 saturated heterocycles. The summed E-state index contributed by atoms with van der Waals surface area (Å²) in [5, 5.41) is 0.865. The molecule has 2 aromatic carbocycles. The molecular weight excluding hydrogens is 301 g/mol. The molecule has 2 aromatic rings. The minimum absolute atomic E-state index is 0.303. The van der Waals surface area contributed by atoms with Crippen LogP contribution in [0, 0.1) is 0 Å². The lowest BCUT2D eigenvalue weighted by Gasteiger charge is -2.11. The molecule has 0 fully saturated rings. The predicted molar refractivity (Wildman–Crippen MR) is 78.7 cm³/mol. The minimum atomic E-state index is -0.480. The number of halogens is 2. The number of rotatable bonds is 3. The minimum Gasteiger partial charge on any atom is -0.465 e. The number of anilines is 1. The molecule has 20 heavy (non-hydrogen) atoms. The first-order chi connectivity index (χ1) is 9.51. The molecule has 0 aliphatic heterocycles. The van der Waals surface area contributed by atoms with Gasteiger partial charge in [0.2, 0.25) is 0 Å². The number of esters is 1. The van der Waals surface area contributed by atoms with Crippen LogP contribution in [0.5, 0.6) is 11.5 Å². The molecular formula is C14H11Cl2NO3. The highest BCUT2D eigenvalue weighted by Crippen LogP contribution is 2.34. The van der Waals surface area contributed by atoms with Gasteiger partial charge in [-0.15, -0.1) is 0 Å². The van der Waals surface area contributed by atoms with Crippen LogP contribution < -0.4 is 10.5 Å². The average Bonchev–Trinajstić information content (AvgIpc) is 2.44. The summed E-state index contributed by atoms with van der Waals surface area (Å²) < 4.78 is 10.2. The molecule has 0 unspecified atom stereocenters. The lowest BCUT2D eigenvalue weighted by Crippen LogP contribution is -2.02. The number of carbonyl (C=O) groups excluding carboxylic acids is 1. The lowest BCUT2D eigenvalue weighted by atomic mass is 10.2. The van der Waals surface area contributed by atoms with E-state index in [1.54, 1.807) is 30.3 Å². The molecule has 0 amide bonds. The topological polar surface area (TPSA) is 61.5 Å². The lowest BCUT2D eigenvalue weighted by molar-refractivity contribution is 0.0600. The van der Waals surface area contributed by atoms with Crippen LogP contribution in [0.15, 0.2) is 36.4 Å². The van der Waals surface area contributed by atoms with Crippen LogP contribution in [-0.4, -0.2) is 13.1 Å². The van der Waals surface area contributed by atoms with E-state index < -0.39 is 5.97 Å². The number of nitrogens with two attached hydrogens (primary N) is 1. The molecule has 4 nitrogen and oxygen atoms in total. The maximum absolute atomic E-state index is 11.5. The first kappa shape index (κ1) is 14.5. The number of nitrogen functional groups attached to an aromatic ring is 1. The highest BCUT2D eigenvalue weighted by molar-refractivity contribution is 6.34. The summed E-state index contributed by atoms with van der Waals surface area (Å²) in [6.07, 6.45) is 0. The zero-order valence-electron chi connectivity index (χ0n) is 10.5. The van der Waals surface area contributed by atoms with Crippen molar-refractivity contribution >= 4 is 34.9 Å². The SMILES string of the molecule is COC(=O)c1ccc(N)c(Oc2cc(Cl)ccc2Cl)c1. The number of carbonyl (C=O) groups is 1. The fourth-order valence-corrected chi connectivity index (χ4v) is 1.86. The van der Waals surface area contributed by atoms with Gasteiger partial charge in [-0.25, -0.2) is 4.79 Å². The van der Waals surface area contributed by atoms with Crippen LogP contribution in [0.25, 0.3) is 0 Å². The number of methoxy groups -OCH3 is 1. The summed E-state index contributed by atoms with van der Waals surface area (Å²) >= 11 is 11.9. The van der Waals surface area contributed by atoms with Crippen molar-refractivity contribution in [1.82, 2.24) is 0 Å². The smallest absolute Gasteiger partial charge is 0.337 e. The second-order valence-corrected chi connectivity index (χ2v) is 4.76. The van der Waals surface area contributed by atoms with Crippen molar-refractivity contribution in [2.45, 2.75) is 0 Å². The summed E-state index contributed by atoms with van der Waals surface area (Å²) in [6, 6.07) is 9.41. The van der Waals surface area contributed by atoms with Crippen molar-refractivity contribution < 1.29 is 14.3 Å². The number of hydrogen-bond acceptors (Lipinski definition) is 4. The molecule has 0 aromatic heterocycles. The quantitative estimate of drug-likeness (QED) is 0.683. The largest absolute Gasteiger partial charge is 0.465 e. The van der Waals surface area contributed by atoms with Gasteiger partial charge in [0.1, 0.15) is 5.75 Å². The van der Waals surface area contributed by atoms with Crippen molar-refractivity contribution in [3.63, 3.8) is 0 Å². The van der Waals surface area contributed by atoms with E-state index in [1.165, 1.54) is 13.2 Å². The van der Waals surface area contributed by atoms with E-state index in [-0.39, 0.29) is 0 Å². The van der Waals surface area contributed by atoms with Crippen LogP contribution in [0.1, 0.15) is 10.4 Å². The average molecular weight is 312 g/mol. The van der Waals surface area contributed by atoms with Crippen LogP contribution in [0.4, 0.5) is 5.69 Å². The standard InChI is InChI=1S/C14H11Cl2NO3/c1-19-14(18)8-2-5-11(17)13(6-8)20-12-7-9(15)3-4-10(12)16/h2-7H,17H2,1H3. The van der Waals surface area contributed by atoms with E-state index in [0.29, 0.717) is 32.8 Å². The van der Waals surface area contributed by atoms with Gasteiger partial charge in [-0.05, 0) is 30.3 Å². The molecule has 0 radical (unpaired) electrons. The fraction of sp³-hybridized carbons (Fsp3) is 0.0714. The molecule has 2 N–H and O–H groups in total. The summed E-state index contributed by atoms with van der Waals surface area (Å²) in [5.41, 5.74) is 6.51. The third-order valence-electron chi connectivity index (χ3n) is 2.55. The monoisotopic (exact) mass is 311 g/mol. The first-order valence-electron chi connectivity index (χ1n) is 5.62. The van der Waals surface area contributed by atoms with Gasteiger partial charge in [0, 0.05) is 11.1 Å². The number of hydrogen-bond donors (Lipinski definition) is 1. The Morgan fingerprint density at radius 3 is 2.55 bits per heavy atom. The Morgan fingerprint density at radius 1 is 1.10 bits per heavy atom. The van der Waals surface area contributed by atoms with Crippen LogP contribution in [-0.2, 0) is 4.74 Å². The Hall–Kier alpha value is -1.91. The van der Waals surface area contributed by atoms with Gasteiger partial charge in [0.05, 0.1) is 23.4 Å². The summed E-state index contributed by atoms with van der Waals surface area (Å²) in [5.74, 6) is 0.178. The predicted octanol–water partition coefficient (Wildman–Crippen LogP) is 4.15. The highest BCUT2D eigenvalue weighted by Gasteiger charge is 2.11. The molecule has 0 saturated carbocycles. The summed E-state index contributed by atoms with van der Waals surface area (Å²) in [7, 11) is 1.30. The summed E-state index contributed by atoms with van der Waals surface area (Å²) in [4.78, 5) is 11.5. The molecule has 0 aliphatic carbocycles. The Balaban J connectivity index is 2.37. The van der Waals surface area contributed by atoms with E-state index >= 15 is 0 Å². The molecule has 6 heteroatoms. The van der Waals surface area contributed by atoms with Gasteiger partial charge in [-0.2, -0.15) is 0 Å². The normalized spacial score (nSPS) is 10.2. The molecule has 2 rings (SSSR count). The zero-order valence-corrected chi connectivity index (χ0v) is 12.0. The van der Waals surface area contributed by atoms with E-state index in [0.717, 1.165) is 0 Å². The van der Waals surface area contributed by atoms with Crippen molar-refractivity contribution in [2.75, 3.05) is 12.8 Å².